The highest BCUT2D eigenvalue weighted by Gasteiger charge is 2.44. The Hall–Kier alpha value is -0.880. The third kappa shape index (κ3) is 2.76. The van der Waals surface area contributed by atoms with Crippen molar-refractivity contribution in [2.75, 3.05) is 6.54 Å². The van der Waals surface area contributed by atoms with Gasteiger partial charge < -0.3 is 0 Å². The maximum Gasteiger partial charge on any atom is 0.250 e. The van der Waals surface area contributed by atoms with Crippen molar-refractivity contribution in [2.24, 2.45) is 0 Å². The number of rotatable bonds is 5. The molecule has 1 aliphatic carbocycles. The number of hydrogen-bond acceptors (Lipinski definition) is 3. The van der Waals surface area contributed by atoms with E-state index in [1.54, 1.807) is 17.5 Å². The molecule has 3 nitrogen and oxygen atoms in total. The van der Waals surface area contributed by atoms with Crippen LogP contribution in [-0.2, 0) is 15.4 Å². The molecular formula is C14H14ClNO2S2. The van der Waals surface area contributed by atoms with Crippen molar-refractivity contribution in [2.45, 2.75) is 22.5 Å². The summed E-state index contributed by atoms with van der Waals surface area (Å²) >= 11 is 7.24. The van der Waals surface area contributed by atoms with E-state index in [1.165, 1.54) is 11.3 Å². The molecule has 1 saturated carbocycles. The topological polar surface area (TPSA) is 46.2 Å². The Morgan fingerprint density at radius 3 is 2.65 bits per heavy atom. The van der Waals surface area contributed by atoms with Gasteiger partial charge in [0.15, 0.2) is 0 Å². The molecule has 1 heterocycles. The summed E-state index contributed by atoms with van der Waals surface area (Å²) in [5, 5.41) is 2.45. The molecule has 0 bridgehead atoms. The van der Waals surface area contributed by atoms with E-state index in [1.807, 2.05) is 24.3 Å². The molecule has 0 aliphatic heterocycles. The van der Waals surface area contributed by atoms with Crippen molar-refractivity contribution in [3.63, 3.8) is 0 Å². The normalized spacial score (nSPS) is 17.1. The lowest BCUT2D eigenvalue weighted by Crippen LogP contribution is -2.31. The van der Waals surface area contributed by atoms with Crippen LogP contribution in [0.2, 0.25) is 5.02 Å². The highest BCUT2D eigenvalue weighted by atomic mass is 35.5. The van der Waals surface area contributed by atoms with E-state index in [-0.39, 0.29) is 5.41 Å². The maximum absolute atomic E-state index is 12.1. The Bertz CT molecular complexity index is 707. The molecule has 1 aliphatic rings. The van der Waals surface area contributed by atoms with Gasteiger partial charge in [-0.05, 0) is 42.0 Å². The minimum atomic E-state index is -3.39. The zero-order chi connectivity index (χ0) is 14.2. The van der Waals surface area contributed by atoms with Crippen molar-refractivity contribution in [3.8, 4) is 0 Å². The molecule has 0 radical (unpaired) electrons. The Morgan fingerprint density at radius 1 is 1.25 bits per heavy atom. The van der Waals surface area contributed by atoms with Gasteiger partial charge in [0.2, 0.25) is 10.0 Å². The first-order chi connectivity index (χ1) is 9.52. The molecular weight excluding hydrogens is 314 g/mol. The Kier molecular flexibility index (Phi) is 3.62. The zero-order valence-electron chi connectivity index (χ0n) is 10.7. The van der Waals surface area contributed by atoms with Gasteiger partial charge in [-0.3, -0.25) is 0 Å². The van der Waals surface area contributed by atoms with E-state index in [2.05, 4.69) is 4.72 Å². The Labute approximate surface area is 127 Å². The van der Waals surface area contributed by atoms with Crippen molar-refractivity contribution in [1.29, 1.82) is 0 Å². The molecule has 0 atom stereocenters. The van der Waals surface area contributed by atoms with E-state index >= 15 is 0 Å². The van der Waals surface area contributed by atoms with Crippen LogP contribution in [-0.4, -0.2) is 15.0 Å². The molecule has 0 saturated heterocycles. The summed E-state index contributed by atoms with van der Waals surface area (Å²) in [4.78, 5) is 0. The third-order valence-corrected chi connectivity index (χ3v) is 6.68. The van der Waals surface area contributed by atoms with Crippen LogP contribution in [0, 0.1) is 0 Å². The molecule has 3 rings (SSSR count). The molecule has 2 aromatic rings. The molecule has 1 aromatic heterocycles. The smallest absolute Gasteiger partial charge is 0.210 e. The van der Waals surface area contributed by atoms with Gasteiger partial charge in [-0.2, -0.15) is 0 Å². The first-order valence-electron chi connectivity index (χ1n) is 6.31. The third-order valence-electron chi connectivity index (χ3n) is 3.65. The lowest BCUT2D eigenvalue weighted by atomic mass is 9.96. The molecule has 0 spiro atoms. The van der Waals surface area contributed by atoms with Gasteiger partial charge in [0.05, 0.1) is 0 Å². The summed E-state index contributed by atoms with van der Waals surface area (Å²) in [5.74, 6) is 0. The van der Waals surface area contributed by atoms with Crippen molar-refractivity contribution in [1.82, 2.24) is 4.72 Å². The zero-order valence-corrected chi connectivity index (χ0v) is 13.1. The van der Waals surface area contributed by atoms with Gasteiger partial charge >= 0.3 is 0 Å². The summed E-state index contributed by atoms with van der Waals surface area (Å²) in [6.07, 6.45) is 1.97. The molecule has 106 valence electrons. The summed E-state index contributed by atoms with van der Waals surface area (Å²) in [7, 11) is -3.39. The van der Waals surface area contributed by atoms with Gasteiger partial charge in [-0.1, -0.05) is 29.8 Å². The maximum atomic E-state index is 12.1. The Balaban J connectivity index is 1.76. The number of nitrogens with one attached hydrogen (secondary N) is 1. The number of thiophene rings is 1. The molecule has 1 aromatic carbocycles. The van der Waals surface area contributed by atoms with Crippen LogP contribution < -0.4 is 4.72 Å². The molecule has 1 N–H and O–H groups in total. The standard InChI is InChI=1S/C14H14ClNO2S2/c15-12-4-1-3-11(9-12)14(6-7-14)10-16-20(17,18)13-5-2-8-19-13/h1-5,8-9,16H,6-7,10H2. The lowest BCUT2D eigenvalue weighted by molar-refractivity contribution is 0.569. The van der Waals surface area contributed by atoms with E-state index in [0.29, 0.717) is 15.8 Å². The number of halogens is 1. The SMILES string of the molecule is O=S(=O)(NCC1(c2cccc(Cl)c2)CC1)c1cccs1. The number of hydrogen-bond donors (Lipinski definition) is 1. The summed E-state index contributed by atoms with van der Waals surface area (Å²) in [6.45, 7) is 0.424. The van der Waals surface area contributed by atoms with Crippen LogP contribution in [0.3, 0.4) is 0 Å². The fourth-order valence-corrected chi connectivity index (χ4v) is 4.61. The van der Waals surface area contributed by atoms with Crippen LogP contribution in [0.1, 0.15) is 18.4 Å². The van der Waals surface area contributed by atoms with Crippen molar-refractivity contribution >= 4 is 33.0 Å². The van der Waals surface area contributed by atoms with Crippen LogP contribution in [0.25, 0.3) is 0 Å². The lowest BCUT2D eigenvalue weighted by Gasteiger charge is -2.16. The Morgan fingerprint density at radius 2 is 2.05 bits per heavy atom. The highest BCUT2D eigenvalue weighted by Crippen LogP contribution is 2.48. The molecule has 6 heteroatoms. The highest BCUT2D eigenvalue weighted by molar-refractivity contribution is 7.91. The van der Waals surface area contributed by atoms with Crippen LogP contribution in [0.4, 0.5) is 0 Å². The van der Waals surface area contributed by atoms with E-state index in [9.17, 15) is 8.42 Å². The predicted octanol–water partition coefficient (Wildman–Crippen LogP) is 3.41. The largest absolute Gasteiger partial charge is 0.250 e. The molecule has 0 amide bonds. The number of benzene rings is 1. The fourth-order valence-electron chi connectivity index (χ4n) is 2.26. The average molecular weight is 328 g/mol. The molecule has 20 heavy (non-hydrogen) atoms. The molecule has 0 unspecified atom stereocenters. The monoisotopic (exact) mass is 327 g/mol. The fraction of sp³-hybridized carbons (Fsp3) is 0.286. The van der Waals surface area contributed by atoms with E-state index in [0.717, 1.165) is 18.4 Å². The molecule has 1 fully saturated rings. The predicted molar refractivity (Wildman–Crippen MR) is 81.9 cm³/mol. The van der Waals surface area contributed by atoms with Gasteiger partial charge in [0.25, 0.3) is 0 Å². The van der Waals surface area contributed by atoms with Crippen LogP contribution in [0.15, 0.2) is 46.0 Å². The summed E-state index contributed by atoms with van der Waals surface area (Å²) < 4.78 is 27.4. The summed E-state index contributed by atoms with van der Waals surface area (Å²) in [6, 6.07) is 11.0. The van der Waals surface area contributed by atoms with Gasteiger partial charge in [0, 0.05) is 17.0 Å². The minimum Gasteiger partial charge on any atom is -0.210 e. The van der Waals surface area contributed by atoms with Crippen molar-refractivity contribution < 1.29 is 8.42 Å². The number of sulfonamides is 1. The summed E-state index contributed by atoms with van der Waals surface area (Å²) in [5.41, 5.74) is 1.02. The second kappa shape index (κ2) is 5.15. The first kappa shape index (κ1) is 14.1. The van der Waals surface area contributed by atoms with E-state index < -0.39 is 10.0 Å². The van der Waals surface area contributed by atoms with Crippen LogP contribution >= 0.6 is 22.9 Å². The van der Waals surface area contributed by atoms with Gasteiger partial charge in [0.1, 0.15) is 4.21 Å². The van der Waals surface area contributed by atoms with Gasteiger partial charge in [-0.15, -0.1) is 11.3 Å². The van der Waals surface area contributed by atoms with Crippen molar-refractivity contribution in [3.05, 3.63) is 52.4 Å². The van der Waals surface area contributed by atoms with E-state index in [4.69, 9.17) is 11.6 Å². The first-order valence-corrected chi connectivity index (χ1v) is 9.05. The quantitative estimate of drug-likeness (QED) is 0.914. The second-order valence-corrected chi connectivity index (χ2v) is 8.43. The minimum absolute atomic E-state index is 0.0881. The van der Waals surface area contributed by atoms with Crippen LogP contribution in [0.5, 0.6) is 0 Å². The second-order valence-electron chi connectivity index (χ2n) is 5.05. The average Bonchev–Trinajstić information content (AvgIpc) is 3.00. The van der Waals surface area contributed by atoms with Gasteiger partial charge in [-0.25, -0.2) is 13.1 Å².